The summed E-state index contributed by atoms with van der Waals surface area (Å²) >= 11 is 0. The molecular weight excluding hydrogens is 332 g/mol. The summed E-state index contributed by atoms with van der Waals surface area (Å²) in [6.45, 7) is 3.12. The molecule has 5 nitrogen and oxygen atoms in total. The lowest BCUT2D eigenvalue weighted by Crippen LogP contribution is -2.52. The van der Waals surface area contributed by atoms with E-state index in [0.29, 0.717) is 26.2 Å². The summed E-state index contributed by atoms with van der Waals surface area (Å²) in [5.41, 5.74) is 1.49. The van der Waals surface area contributed by atoms with E-state index in [2.05, 4.69) is 5.32 Å². The molecule has 1 atom stereocenters. The van der Waals surface area contributed by atoms with Gasteiger partial charge in [-0.25, -0.2) is 4.39 Å². The highest BCUT2D eigenvalue weighted by Gasteiger charge is 2.31. The summed E-state index contributed by atoms with van der Waals surface area (Å²) in [6, 6.07) is 4.52. The summed E-state index contributed by atoms with van der Waals surface area (Å²) in [5, 5.41) is 3.15. The van der Waals surface area contributed by atoms with Crippen LogP contribution >= 0.6 is 24.8 Å². The van der Waals surface area contributed by atoms with Crippen molar-refractivity contribution in [1.82, 2.24) is 5.32 Å². The molecule has 2 aliphatic heterocycles. The van der Waals surface area contributed by atoms with Gasteiger partial charge in [-0.2, -0.15) is 0 Å². The molecular formula is C14H20Cl2FN3O2. The largest absolute Gasteiger partial charge is 0.371 e. The first kappa shape index (κ1) is 19.0. The van der Waals surface area contributed by atoms with Crippen LogP contribution in [0.4, 0.5) is 15.8 Å². The SMILES string of the molecule is CN1CCN(C(=O)C2CNCCO2)c2ccc(F)cc21.Cl.Cl. The number of fused-ring (bicyclic) bond motifs is 1. The second kappa shape index (κ2) is 7.97. The fraction of sp³-hybridized carbons (Fsp3) is 0.500. The average molecular weight is 352 g/mol. The molecule has 0 aliphatic carbocycles. The van der Waals surface area contributed by atoms with Crippen molar-refractivity contribution in [3.8, 4) is 0 Å². The van der Waals surface area contributed by atoms with Crippen molar-refractivity contribution < 1.29 is 13.9 Å². The fourth-order valence-corrected chi connectivity index (χ4v) is 2.65. The number of nitrogens with zero attached hydrogens (tertiary/aromatic N) is 2. The van der Waals surface area contributed by atoms with Crippen LogP contribution in [0.3, 0.4) is 0 Å². The highest BCUT2D eigenvalue weighted by Crippen LogP contribution is 2.33. The van der Waals surface area contributed by atoms with E-state index in [9.17, 15) is 9.18 Å². The maximum Gasteiger partial charge on any atom is 0.257 e. The Bertz CT molecular complexity index is 527. The first-order chi connectivity index (χ1) is 9.66. The topological polar surface area (TPSA) is 44.8 Å². The van der Waals surface area contributed by atoms with Crippen molar-refractivity contribution >= 4 is 42.1 Å². The molecule has 1 aromatic carbocycles. The second-order valence-corrected chi connectivity index (χ2v) is 5.11. The zero-order chi connectivity index (χ0) is 14.1. The Balaban J connectivity index is 0.00000121. The maximum absolute atomic E-state index is 13.4. The number of carbonyl (C=O) groups excluding carboxylic acids is 1. The zero-order valence-corrected chi connectivity index (χ0v) is 13.9. The highest BCUT2D eigenvalue weighted by molar-refractivity contribution is 6.00. The Kier molecular flexibility index (Phi) is 6.87. The number of anilines is 2. The van der Waals surface area contributed by atoms with Gasteiger partial charge in [0.2, 0.25) is 0 Å². The Labute approximate surface area is 141 Å². The van der Waals surface area contributed by atoms with Gasteiger partial charge in [0.15, 0.2) is 0 Å². The van der Waals surface area contributed by atoms with Crippen molar-refractivity contribution in [2.24, 2.45) is 0 Å². The number of morpholine rings is 1. The Morgan fingerprint density at radius 3 is 2.77 bits per heavy atom. The summed E-state index contributed by atoms with van der Waals surface area (Å²) in [7, 11) is 1.90. The third kappa shape index (κ3) is 3.63. The lowest BCUT2D eigenvalue weighted by atomic mass is 10.1. The van der Waals surface area contributed by atoms with E-state index in [1.807, 2.05) is 11.9 Å². The average Bonchev–Trinajstić information content (AvgIpc) is 2.48. The van der Waals surface area contributed by atoms with Crippen molar-refractivity contribution in [1.29, 1.82) is 0 Å². The summed E-state index contributed by atoms with van der Waals surface area (Å²) in [4.78, 5) is 16.2. The van der Waals surface area contributed by atoms with Crippen LogP contribution in [0.1, 0.15) is 0 Å². The van der Waals surface area contributed by atoms with E-state index in [0.717, 1.165) is 17.9 Å². The number of benzene rings is 1. The molecule has 0 spiro atoms. The molecule has 1 amide bonds. The van der Waals surface area contributed by atoms with E-state index in [1.54, 1.807) is 11.0 Å². The van der Waals surface area contributed by atoms with Crippen LogP contribution in [-0.2, 0) is 9.53 Å². The quantitative estimate of drug-likeness (QED) is 0.831. The van der Waals surface area contributed by atoms with E-state index < -0.39 is 6.10 Å². The van der Waals surface area contributed by atoms with Crippen LogP contribution in [0, 0.1) is 5.82 Å². The van der Waals surface area contributed by atoms with Gasteiger partial charge >= 0.3 is 0 Å². The van der Waals surface area contributed by atoms with Gasteiger partial charge in [-0.05, 0) is 18.2 Å². The van der Waals surface area contributed by atoms with Gasteiger partial charge < -0.3 is 19.9 Å². The predicted molar refractivity (Wildman–Crippen MR) is 89.1 cm³/mol. The van der Waals surface area contributed by atoms with Crippen LogP contribution in [0.25, 0.3) is 0 Å². The number of hydrogen-bond donors (Lipinski definition) is 1. The lowest BCUT2D eigenvalue weighted by molar-refractivity contribution is -0.131. The van der Waals surface area contributed by atoms with Crippen LogP contribution in [0.2, 0.25) is 0 Å². The number of likely N-dealkylation sites (N-methyl/N-ethyl adjacent to an activating group) is 1. The first-order valence-corrected chi connectivity index (χ1v) is 6.81. The minimum atomic E-state index is -0.454. The molecule has 1 aromatic rings. The number of ether oxygens (including phenoxy) is 1. The molecule has 124 valence electrons. The second-order valence-electron chi connectivity index (χ2n) is 5.11. The molecule has 2 heterocycles. The van der Waals surface area contributed by atoms with Gasteiger partial charge in [-0.1, -0.05) is 0 Å². The summed E-state index contributed by atoms with van der Waals surface area (Å²) in [5.74, 6) is -0.348. The minimum absolute atomic E-state index is 0. The van der Waals surface area contributed by atoms with Gasteiger partial charge in [0, 0.05) is 33.2 Å². The number of rotatable bonds is 1. The molecule has 0 aromatic heterocycles. The molecule has 1 N–H and O–H groups in total. The van der Waals surface area contributed by atoms with Crippen molar-refractivity contribution in [2.45, 2.75) is 6.10 Å². The van der Waals surface area contributed by atoms with E-state index in [4.69, 9.17) is 4.74 Å². The molecule has 0 bridgehead atoms. The van der Waals surface area contributed by atoms with Crippen molar-refractivity contribution in [2.75, 3.05) is 49.6 Å². The number of nitrogens with one attached hydrogen (secondary N) is 1. The van der Waals surface area contributed by atoms with Gasteiger partial charge in [0.1, 0.15) is 11.9 Å². The Morgan fingerprint density at radius 2 is 2.09 bits per heavy atom. The third-order valence-electron chi connectivity index (χ3n) is 3.77. The van der Waals surface area contributed by atoms with Gasteiger partial charge in [-0.15, -0.1) is 24.8 Å². The minimum Gasteiger partial charge on any atom is -0.371 e. The van der Waals surface area contributed by atoms with Gasteiger partial charge in [0.25, 0.3) is 5.91 Å². The molecule has 1 unspecified atom stereocenters. The predicted octanol–water partition coefficient (Wildman–Crippen LogP) is 1.44. The van der Waals surface area contributed by atoms with E-state index >= 15 is 0 Å². The molecule has 0 saturated carbocycles. The van der Waals surface area contributed by atoms with Crippen LogP contribution < -0.4 is 15.1 Å². The standard InChI is InChI=1S/C14H18FN3O2.2ClH/c1-17-5-6-18(11-3-2-10(15)8-12(11)17)14(19)13-9-16-4-7-20-13;;/h2-3,8,13,16H,4-7,9H2,1H3;2*1H. The Morgan fingerprint density at radius 1 is 1.32 bits per heavy atom. The molecule has 1 fully saturated rings. The van der Waals surface area contributed by atoms with Crippen LogP contribution in [0.15, 0.2) is 18.2 Å². The molecule has 2 aliphatic rings. The fourth-order valence-electron chi connectivity index (χ4n) is 2.65. The number of hydrogen-bond acceptors (Lipinski definition) is 4. The normalized spacial score (nSPS) is 20.5. The van der Waals surface area contributed by atoms with Gasteiger partial charge in [-0.3, -0.25) is 4.79 Å². The zero-order valence-electron chi connectivity index (χ0n) is 12.3. The molecule has 0 radical (unpaired) electrons. The first-order valence-electron chi connectivity index (χ1n) is 6.81. The van der Waals surface area contributed by atoms with Gasteiger partial charge in [0.05, 0.1) is 18.0 Å². The van der Waals surface area contributed by atoms with E-state index in [1.165, 1.54) is 12.1 Å². The van der Waals surface area contributed by atoms with E-state index in [-0.39, 0.29) is 36.5 Å². The van der Waals surface area contributed by atoms with Crippen LogP contribution in [-0.4, -0.2) is 51.8 Å². The van der Waals surface area contributed by atoms with Crippen LogP contribution in [0.5, 0.6) is 0 Å². The molecule has 22 heavy (non-hydrogen) atoms. The number of amides is 1. The van der Waals surface area contributed by atoms with Crippen molar-refractivity contribution in [3.63, 3.8) is 0 Å². The maximum atomic E-state index is 13.4. The molecule has 8 heteroatoms. The number of halogens is 3. The monoisotopic (exact) mass is 351 g/mol. The third-order valence-corrected chi connectivity index (χ3v) is 3.77. The van der Waals surface area contributed by atoms with Crippen molar-refractivity contribution in [3.05, 3.63) is 24.0 Å². The summed E-state index contributed by atoms with van der Waals surface area (Å²) < 4.78 is 18.9. The molecule has 1 saturated heterocycles. The number of carbonyl (C=O) groups is 1. The Hall–Kier alpha value is -1.08. The highest BCUT2D eigenvalue weighted by atomic mass is 35.5. The molecule has 3 rings (SSSR count). The lowest BCUT2D eigenvalue weighted by Gasteiger charge is -2.37. The summed E-state index contributed by atoms with van der Waals surface area (Å²) in [6.07, 6.45) is -0.454. The smallest absolute Gasteiger partial charge is 0.257 e.